The molecule has 1 unspecified atom stereocenters. The van der Waals surface area contributed by atoms with Crippen molar-refractivity contribution in [2.45, 2.75) is 38.6 Å². The fourth-order valence-corrected chi connectivity index (χ4v) is 2.66. The van der Waals surface area contributed by atoms with Gasteiger partial charge in [0.25, 0.3) is 11.8 Å². The van der Waals surface area contributed by atoms with E-state index >= 15 is 0 Å². The maximum absolute atomic E-state index is 12.6. The van der Waals surface area contributed by atoms with Crippen molar-refractivity contribution in [3.8, 4) is 0 Å². The van der Waals surface area contributed by atoms with Gasteiger partial charge < -0.3 is 10.5 Å². The van der Waals surface area contributed by atoms with Gasteiger partial charge in [-0.1, -0.05) is 26.0 Å². The molecular weight excluding hydrogens is 284 g/mol. The number of hydrogen-bond acceptors (Lipinski definition) is 4. The maximum Gasteiger partial charge on any atom is 0.262 e. The Hall–Kier alpha value is -2.50. The van der Waals surface area contributed by atoms with Gasteiger partial charge in [-0.2, -0.15) is 0 Å². The van der Waals surface area contributed by atoms with Gasteiger partial charge in [-0.25, -0.2) is 0 Å². The van der Waals surface area contributed by atoms with E-state index in [0.717, 1.165) is 10.5 Å². The zero-order valence-electron chi connectivity index (χ0n) is 12.5. The van der Waals surface area contributed by atoms with Crippen molar-refractivity contribution in [2.24, 2.45) is 5.73 Å². The Morgan fingerprint density at radius 1 is 1.32 bits per heavy atom. The lowest BCUT2D eigenvalue weighted by Gasteiger charge is -2.20. The first-order valence-electron chi connectivity index (χ1n) is 7.12. The number of carbonyl (C=O) groups is 4. The molecule has 1 aliphatic heterocycles. The Bertz CT molecular complexity index is 657. The molecule has 0 spiro atoms. The fourth-order valence-electron chi connectivity index (χ4n) is 2.66. The molecule has 118 valence electrons. The first-order chi connectivity index (χ1) is 10.4. The van der Waals surface area contributed by atoms with E-state index < -0.39 is 23.8 Å². The summed E-state index contributed by atoms with van der Waals surface area (Å²) in [6, 6.07) is 4.14. The molecule has 0 radical (unpaired) electrons. The van der Waals surface area contributed by atoms with E-state index in [1.165, 1.54) is 0 Å². The molecule has 1 atom stereocenters. The second-order valence-corrected chi connectivity index (χ2v) is 5.61. The number of fused-ring (bicyclic) bond motifs is 1. The van der Waals surface area contributed by atoms with Gasteiger partial charge in [-0.3, -0.25) is 19.3 Å². The van der Waals surface area contributed by atoms with Crippen LogP contribution in [0.15, 0.2) is 18.2 Å². The van der Waals surface area contributed by atoms with Crippen molar-refractivity contribution in [1.82, 2.24) is 4.90 Å². The van der Waals surface area contributed by atoms with Crippen LogP contribution in [0.4, 0.5) is 0 Å². The van der Waals surface area contributed by atoms with Gasteiger partial charge in [0, 0.05) is 7.85 Å². The SMILES string of the molecule is CC(C)c1cccc2c1C(=O)N(C(C=O)CCC(N)=O)C2=O.[HH]. The molecule has 2 N–H and O–H groups in total. The van der Waals surface area contributed by atoms with E-state index in [9.17, 15) is 19.2 Å². The third-order valence-corrected chi connectivity index (χ3v) is 3.78. The summed E-state index contributed by atoms with van der Waals surface area (Å²) in [5.41, 5.74) is 6.51. The minimum atomic E-state index is -0.972. The topological polar surface area (TPSA) is 97.5 Å². The largest absolute Gasteiger partial charge is 0.370 e. The highest BCUT2D eigenvalue weighted by Gasteiger charge is 2.41. The highest BCUT2D eigenvalue weighted by Crippen LogP contribution is 2.31. The summed E-state index contributed by atoms with van der Waals surface area (Å²) >= 11 is 0. The van der Waals surface area contributed by atoms with Crippen LogP contribution in [0.5, 0.6) is 0 Å². The average molecular weight is 304 g/mol. The normalized spacial score (nSPS) is 15.1. The van der Waals surface area contributed by atoms with Crippen molar-refractivity contribution in [2.75, 3.05) is 0 Å². The van der Waals surface area contributed by atoms with Gasteiger partial charge in [-0.15, -0.1) is 0 Å². The molecule has 3 amide bonds. The summed E-state index contributed by atoms with van der Waals surface area (Å²) in [7, 11) is 0. The molecule has 0 aliphatic carbocycles. The number of amides is 3. The highest BCUT2D eigenvalue weighted by molar-refractivity contribution is 6.23. The van der Waals surface area contributed by atoms with Crippen LogP contribution >= 0.6 is 0 Å². The zero-order valence-corrected chi connectivity index (χ0v) is 12.5. The Labute approximate surface area is 129 Å². The number of aldehydes is 1. The molecule has 22 heavy (non-hydrogen) atoms. The van der Waals surface area contributed by atoms with Gasteiger partial charge in [0.15, 0.2) is 0 Å². The van der Waals surface area contributed by atoms with Gasteiger partial charge in [0.1, 0.15) is 6.29 Å². The van der Waals surface area contributed by atoms with Gasteiger partial charge in [-0.05, 0) is 24.0 Å². The van der Waals surface area contributed by atoms with Crippen molar-refractivity contribution in [3.63, 3.8) is 0 Å². The monoisotopic (exact) mass is 304 g/mol. The van der Waals surface area contributed by atoms with E-state index in [2.05, 4.69) is 0 Å². The van der Waals surface area contributed by atoms with Crippen LogP contribution in [0.2, 0.25) is 0 Å². The highest BCUT2D eigenvalue weighted by atomic mass is 16.2. The summed E-state index contributed by atoms with van der Waals surface area (Å²) < 4.78 is 0. The smallest absolute Gasteiger partial charge is 0.262 e. The lowest BCUT2D eigenvalue weighted by molar-refractivity contribution is -0.118. The number of carbonyl (C=O) groups excluding carboxylic acids is 4. The molecule has 1 aromatic rings. The zero-order chi connectivity index (χ0) is 16.4. The van der Waals surface area contributed by atoms with Crippen LogP contribution in [0, 0.1) is 0 Å². The van der Waals surface area contributed by atoms with Crippen LogP contribution in [0.1, 0.15) is 60.3 Å². The standard InChI is InChI=1S/C16H18N2O4.H2/c1-9(2)11-4-3-5-12-14(11)16(22)18(15(12)21)10(8-19)6-7-13(17)20;/h3-5,8-10H,6-7H2,1-2H3,(H2,17,20);1H. The predicted octanol–water partition coefficient (Wildman–Crippen LogP) is 1.48. The number of primary amides is 1. The van der Waals surface area contributed by atoms with Gasteiger partial charge in [0.2, 0.25) is 5.91 Å². The summed E-state index contributed by atoms with van der Waals surface area (Å²) in [6.07, 6.45) is 0.495. The Morgan fingerprint density at radius 2 is 2.00 bits per heavy atom. The number of hydrogen-bond donors (Lipinski definition) is 1. The van der Waals surface area contributed by atoms with Crippen molar-refractivity contribution in [3.05, 3.63) is 34.9 Å². The number of nitrogens with two attached hydrogens (primary N) is 1. The van der Waals surface area contributed by atoms with Crippen molar-refractivity contribution < 1.29 is 20.6 Å². The summed E-state index contributed by atoms with van der Waals surface area (Å²) in [4.78, 5) is 48.1. The predicted molar refractivity (Wildman–Crippen MR) is 81.4 cm³/mol. The van der Waals surface area contributed by atoms with E-state index in [4.69, 9.17) is 5.73 Å². The average Bonchev–Trinajstić information content (AvgIpc) is 2.72. The number of benzene rings is 1. The van der Waals surface area contributed by atoms with E-state index in [1.54, 1.807) is 18.2 Å². The van der Waals surface area contributed by atoms with E-state index in [1.807, 2.05) is 13.8 Å². The Morgan fingerprint density at radius 3 is 2.55 bits per heavy atom. The number of rotatable bonds is 6. The van der Waals surface area contributed by atoms with Crippen LogP contribution in [-0.2, 0) is 9.59 Å². The number of nitrogens with zero attached hydrogens (tertiary/aromatic N) is 1. The first kappa shape index (κ1) is 15.9. The summed E-state index contributed by atoms with van der Waals surface area (Å²) in [5.74, 6) is -1.48. The van der Waals surface area contributed by atoms with E-state index in [-0.39, 0.29) is 20.2 Å². The second kappa shape index (κ2) is 6.09. The molecule has 0 saturated heterocycles. The molecule has 1 heterocycles. The molecule has 0 aromatic heterocycles. The van der Waals surface area contributed by atoms with Gasteiger partial charge in [0.05, 0.1) is 17.2 Å². The van der Waals surface area contributed by atoms with Crippen molar-refractivity contribution in [1.29, 1.82) is 0 Å². The molecule has 0 bridgehead atoms. The first-order valence-corrected chi connectivity index (χ1v) is 7.12. The molecule has 0 fully saturated rings. The Kier molecular flexibility index (Phi) is 4.40. The molecule has 1 aliphatic rings. The molecule has 2 rings (SSSR count). The molecule has 0 saturated carbocycles. The fraction of sp³-hybridized carbons (Fsp3) is 0.375. The van der Waals surface area contributed by atoms with Crippen LogP contribution in [-0.4, -0.2) is 34.9 Å². The summed E-state index contributed by atoms with van der Waals surface area (Å²) in [5, 5.41) is 0. The van der Waals surface area contributed by atoms with Crippen LogP contribution in [0.25, 0.3) is 0 Å². The minimum Gasteiger partial charge on any atom is -0.370 e. The lowest BCUT2D eigenvalue weighted by Crippen LogP contribution is -2.41. The molecule has 6 heteroatoms. The number of imide groups is 1. The van der Waals surface area contributed by atoms with Crippen LogP contribution < -0.4 is 5.73 Å². The van der Waals surface area contributed by atoms with Crippen LogP contribution in [0.3, 0.4) is 0 Å². The quantitative estimate of drug-likeness (QED) is 0.636. The lowest BCUT2D eigenvalue weighted by atomic mass is 9.94. The molecule has 6 nitrogen and oxygen atoms in total. The maximum atomic E-state index is 12.6. The molecular formula is C16H20N2O4. The third-order valence-electron chi connectivity index (χ3n) is 3.78. The minimum absolute atomic E-state index is 0. The van der Waals surface area contributed by atoms with Gasteiger partial charge >= 0.3 is 0 Å². The second-order valence-electron chi connectivity index (χ2n) is 5.61. The Balaban J connectivity index is 0.00000264. The van der Waals surface area contributed by atoms with Crippen molar-refractivity contribution >= 4 is 24.0 Å². The third kappa shape index (κ3) is 2.64. The summed E-state index contributed by atoms with van der Waals surface area (Å²) in [6.45, 7) is 3.86. The van der Waals surface area contributed by atoms with E-state index in [0.29, 0.717) is 17.4 Å². The molecule has 1 aromatic carbocycles.